The SMILES string of the molecule is CC1(C)CCC(C(C)(C)C)c2cc(Cc3ccccc3)ccc21. The molecule has 0 amide bonds. The molecule has 0 aromatic heterocycles. The normalized spacial score (nSPS) is 20.1. The second-order valence-corrected chi connectivity index (χ2v) is 8.93. The van der Waals surface area contributed by atoms with Crippen LogP contribution in [0.3, 0.4) is 0 Å². The quantitative estimate of drug-likeness (QED) is 0.595. The van der Waals surface area contributed by atoms with Gasteiger partial charge in [0.25, 0.3) is 0 Å². The van der Waals surface area contributed by atoms with Crippen LogP contribution in [-0.4, -0.2) is 0 Å². The van der Waals surface area contributed by atoms with Gasteiger partial charge in [0.15, 0.2) is 0 Å². The number of hydrogen-bond acceptors (Lipinski definition) is 0. The van der Waals surface area contributed by atoms with E-state index in [2.05, 4.69) is 83.1 Å². The van der Waals surface area contributed by atoms with Crippen LogP contribution in [0, 0.1) is 5.41 Å². The largest absolute Gasteiger partial charge is 0.0622 e. The standard InChI is InChI=1S/C23H30/c1-22(2,3)20-13-14-23(4,5)21-12-11-18(16-19(20)21)15-17-9-7-6-8-10-17/h6-12,16,20H,13-15H2,1-5H3. The van der Waals surface area contributed by atoms with E-state index < -0.39 is 0 Å². The second-order valence-electron chi connectivity index (χ2n) is 8.93. The second kappa shape index (κ2) is 5.82. The molecule has 23 heavy (non-hydrogen) atoms. The van der Waals surface area contributed by atoms with Gasteiger partial charge in [0.1, 0.15) is 0 Å². The fourth-order valence-electron chi connectivity index (χ4n) is 4.15. The molecule has 2 aromatic carbocycles. The zero-order valence-corrected chi connectivity index (χ0v) is 15.3. The lowest BCUT2D eigenvalue weighted by Crippen LogP contribution is -2.31. The van der Waals surface area contributed by atoms with E-state index in [1.165, 1.54) is 24.0 Å². The molecule has 1 atom stereocenters. The van der Waals surface area contributed by atoms with Gasteiger partial charge in [0.05, 0.1) is 0 Å². The van der Waals surface area contributed by atoms with Crippen molar-refractivity contribution in [2.75, 3.05) is 0 Å². The van der Waals surface area contributed by atoms with Crippen LogP contribution >= 0.6 is 0 Å². The highest BCUT2D eigenvalue weighted by Crippen LogP contribution is 2.49. The molecule has 0 nitrogen and oxygen atoms in total. The predicted octanol–water partition coefficient (Wildman–Crippen LogP) is 6.48. The molecule has 2 aromatic rings. The van der Waals surface area contributed by atoms with Crippen molar-refractivity contribution in [2.24, 2.45) is 5.41 Å². The third-order valence-electron chi connectivity index (χ3n) is 5.57. The lowest BCUT2D eigenvalue weighted by atomic mass is 9.62. The smallest absolute Gasteiger partial charge is 0.00257 e. The number of fused-ring (bicyclic) bond motifs is 1. The van der Waals surface area contributed by atoms with Crippen LogP contribution in [0.25, 0.3) is 0 Å². The summed E-state index contributed by atoms with van der Waals surface area (Å²) in [5.41, 5.74) is 6.65. The van der Waals surface area contributed by atoms with Crippen LogP contribution in [0.5, 0.6) is 0 Å². The lowest BCUT2D eigenvalue weighted by molar-refractivity contribution is 0.257. The van der Waals surface area contributed by atoms with E-state index in [9.17, 15) is 0 Å². The summed E-state index contributed by atoms with van der Waals surface area (Å²) < 4.78 is 0. The van der Waals surface area contributed by atoms with Gasteiger partial charge in [-0.1, -0.05) is 83.1 Å². The Balaban J connectivity index is 2.01. The van der Waals surface area contributed by atoms with Crippen LogP contribution in [0.2, 0.25) is 0 Å². The number of benzene rings is 2. The highest BCUT2D eigenvalue weighted by molar-refractivity contribution is 5.43. The average molecular weight is 306 g/mol. The van der Waals surface area contributed by atoms with E-state index in [1.54, 1.807) is 11.1 Å². The first-order valence-corrected chi connectivity index (χ1v) is 8.94. The molecule has 1 aliphatic rings. The fraction of sp³-hybridized carbons (Fsp3) is 0.478. The minimum atomic E-state index is 0.308. The minimum Gasteiger partial charge on any atom is -0.0622 e. The summed E-state index contributed by atoms with van der Waals surface area (Å²) in [4.78, 5) is 0. The summed E-state index contributed by atoms with van der Waals surface area (Å²) in [7, 11) is 0. The minimum absolute atomic E-state index is 0.308. The van der Waals surface area contributed by atoms with Crippen molar-refractivity contribution in [2.45, 2.75) is 65.2 Å². The predicted molar refractivity (Wildman–Crippen MR) is 100 cm³/mol. The zero-order valence-electron chi connectivity index (χ0n) is 15.3. The van der Waals surface area contributed by atoms with Crippen molar-refractivity contribution in [1.82, 2.24) is 0 Å². The molecule has 3 rings (SSSR count). The molecule has 0 saturated carbocycles. The van der Waals surface area contributed by atoms with E-state index in [0.29, 0.717) is 16.7 Å². The first-order chi connectivity index (χ1) is 10.8. The van der Waals surface area contributed by atoms with E-state index in [4.69, 9.17) is 0 Å². The summed E-state index contributed by atoms with van der Waals surface area (Å²) >= 11 is 0. The average Bonchev–Trinajstić information content (AvgIpc) is 2.46. The van der Waals surface area contributed by atoms with Crippen LogP contribution in [0.15, 0.2) is 48.5 Å². The van der Waals surface area contributed by atoms with Crippen molar-refractivity contribution in [1.29, 1.82) is 0 Å². The van der Waals surface area contributed by atoms with E-state index in [0.717, 1.165) is 6.42 Å². The molecular formula is C23H30. The molecule has 0 radical (unpaired) electrons. The van der Waals surface area contributed by atoms with Gasteiger partial charge < -0.3 is 0 Å². The zero-order chi connectivity index (χ0) is 16.7. The molecule has 0 heterocycles. The van der Waals surface area contributed by atoms with Crippen LogP contribution < -0.4 is 0 Å². The topological polar surface area (TPSA) is 0 Å². The Morgan fingerprint density at radius 2 is 1.65 bits per heavy atom. The molecule has 0 heteroatoms. The molecule has 0 spiro atoms. The van der Waals surface area contributed by atoms with Gasteiger partial charge in [-0.05, 0) is 58.3 Å². The molecular weight excluding hydrogens is 276 g/mol. The Kier molecular flexibility index (Phi) is 4.12. The third-order valence-corrected chi connectivity index (χ3v) is 5.57. The number of hydrogen-bond donors (Lipinski definition) is 0. The van der Waals surface area contributed by atoms with Gasteiger partial charge in [-0.3, -0.25) is 0 Å². The highest BCUT2D eigenvalue weighted by Gasteiger charge is 2.37. The fourth-order valence-corrected chi connectivity index (χ4v) is 4.15. The molecule has 0 bridgehead atoms. The summed E-state index contributed by atoms with van der Waals surface area (Å²) in [6.07, 6.45) is 3.63. The molecule has 0 N–H and O–H groups in total. The molecule has 1 aliphatic carbocycles. The lowest BCUT2D eigenvalue weighted by Gasteiger charge is -2.43. The van der Waals surface area contributed by atoms with Gasteiger partial charge in [0.2, 0.25) is 0 Å². The van der Waals surface area contributed by atoms with Crippen molar-refractivity contribution in [3.05, 3.63) is 70.8 Å². The maximum atomic E-state index is 2.50. The van der Waals surface area contributed by atoms with Crippen molar-refractivity contribution in [3.8, 4) is 0 Å². The van der Waals surface area contributed by atoms with Gasteiger partial charge in [-0.15, -0.1) is 0 Å². The van der Waals surface area contributed by atoms with Gasteiger partial charge in [0, 0.05) is 0 Å². The van der Waals surface area contributed by atoms with E-state index in [-0.39, 0.29) is 0 Å². The first kappa shape index (κ1) is 16.3. The Morgan fingerprint density at radius 3 is 2.30 bits per heavy atom. The van der Waals surface area contributed by atoms with E-state index in [1.807, 2.05) is 0 Å². The molecule has 0 saturated heterocycles. The monoisotopic (exact) mass is 306 g/mol. The maximum Gasteiger partial charge on any atom is -0.00257 e. The Labute approximate surface area is 141 Å². The van der Waals surface area contributed by atoms with Gasteiger partial charge in [-0.25, -0.2) is 0 Å². The first-order valence-electron chi connectivity index (χ1n) is 8.94. The van der Waals surface area contributed by atoms with Gasteiger partial charge in [-0.2, -0.15) is 0 Å². The summed E-state index contributed by atoms with van der Waals surface area (Å²) in [5, 5.41) is 0. The van der Waals surface area contributed by atoms with Crippen LogP contribution in [-0.2, 0) is 11.8 Å². The maximum absolute atomic E-state index is 2.50. The van der Waals surface area contributed by atoms with E-state index >= 15 is 0 Å². The summed E-state index contributed by atoms with van der Waals surface area (Å²) in [6.45, 7) is 12.0. The Morgan fingerprint density at radius 1 is 0.957 bits per heavy atom. The van der Waals surface area contributed by atoms with Gasteiger partial charge >= 0.3 is 0 Å². The van der Waals surface area contributed by atoms with Crippen molar-refractivity contribution >= 4 is 0 Å². The highest BCUT2D eigenvalue weighted by atomic mass is 14.4. The summed E-state index contributed by atoms with van der Waals surface area (Å²) in [6, 6.07) is 18.1. The van der Waals surface area contributed by atoms with Crippen molar-refractivity contribution < 1.29 is 0 Å². The molecule has 1 unspecified atom stereocenters. The Hall–Kier alpha value is -1.56. The van der Waals surface area contributed by atoms with Crippen LogP contribution in [0.4, 0.5) is 0 Å². The number of rotatable bonds is 2. The van der Waals surface area contributed by atoms with Crippen molar-refractivity contribution in [3.63, 3.8) is 0 Å². The summed E-state index contributed by atoms with van der Waals surface area (Å²) in [5.74, 6) is 0.668. The molecule has 0 aliphatic heterocycles. The Bertz CT molecular complexity index is 671. The van der Waals surface area contributed by atoms with Crippen LogP contribution in [0.1, 0.15) is 75.6 Å². The third kappa shape index (κ3) is 3.37. The molecule has 0 fully saturated rings. The molecule has 122 valence electrons.